The van der Waals surface area contributed by atoms with Crippen molar-refractivity contribution < 1.29 is 38.1 Å². The lowest BCUT2D eigenvalue weighted by Crippen LogP contribution is -2.53. The molecule has 4 aliphatic rings. The van der Waals surface area contributed by atoms with E-state index in [4.69, 9.17) is 9.47 Å². The Morgan fingerprint density at radius 3 is 2.84 bits per heavy atom. The second-order valence-corrected chi connectivity index (χ2v) is 10.0. The lowest BCUT2D eigenvalue weighted by molar-refractivity contribution is -0.145. The second-order valence-electron chi connectivity index (χ2n) is 10.0. The summed E-state index contributed by atoms with van der Waals surface area (Å²) in [6, 6.07) is 3.72. The van der Waals surface area contributed by atoms with Crippen LogP contribution in [0.3, 0.4) is 0 Å². The van der Waals surface area contributed by atoms with E-state index in [-0.39, 0.29) is 56.5 Å². The van der Waals surface area contributed by atoms with Crippen LogP contribution in [0, 0.1) is 11.7 Å². The van der Waals surface area contributed by atoms with Crippen LogP contribution in [-0.4, -0.2) is 76.2 Å². The molecular formula is C26H30FN3O7. The highest BCUT2D eigenvalue weighted by Gasteiger charge is 2.61. The average molecular weight is 516 g/mol. The van der Waals surface area contributed by atoms with Gasteiger partial charge in [0, 0.05) is 37.5 Å². The molecule has 0 bridgehead atoms. The number of carboxylic acid groups (broad SMARTS) is 1. The fraction of sp³-hybridized carbons (Fsp3) is 0.538. The molecule has 11 heteroatoms. The highest BCUT2D eigenvalue weighted by Crippen LogP contribution is 2.45. The van der Waals surface area contributed by atoms with Crippen molar-refractivity contribution in [1.82, 2.24) is 15.1 Å². The highest BCUT2D eigenvalue weighted by molar-refractivity contribution is 5.94. The minimum atomic E-state index is -1.41. The van der Waals surface area contributed by atoms with Crippen LogP contribution >= 0.6 is 0 Å². The van der Waals surface area contributed by atoms with Crippen LogP contribution in [0.4, 0.5) is 9.18 Å². The van der Waals surface area contributed by atoms with E-state index in [0.717, 1.165) is 0 Å². The van der Waals surface area contributed by atoms with E-state index in [2.05, 4.69) is 5.32 Å². The first-order valence-corrected chi connectivity index (χ1v) is 12.6. The summed E-state index contributed by atoms with van der Waals surface area (Å²) >= 11 is 0. The van der Waals surface area contributed by atoms with Crippen molar-refractivity contribution in [3.8, 4) is 0 Å². The number of amides is 3. The van der Waals surface area contributed by atoms with Crippen LogP contribution in [0.5, 0.6) is 0 Å². The minimum absolute atomic E-state index is 0.0159. The molecule has 2 N–H and O–H groups in total. The summed E-state index contributed by atoms with van der Waals surface area (Å²) in [4.78, 5) is 54.0. The number of carboxylic acids is 1. The van der Waals surface area contributed by atoms with Gasteiger partial charge in [-0.1, -0.05) is 24.3 Å². The van der Waals surface area contributed by atoms with Gasteiger partial charge in [0.25, 0.3) is 0 Å². The summed E-state index contributed by atoms with van der Waals surface area (Å²) < 4.78 is 25.3. The third-order valence-corrected chi connectivity index (χ3v) is 7.56. The quantitative estimate of drug-likeness (QED) is 0.577. The van der Waals surface area contributed by atoms with Crippen LogP contribution < -0.4 is 5.32 Å². The van der Waals surface area contributed by atoms with Crippen LogP contribution in [0.15, 0.2) is 30.4 Å². The molecule has 1 aromatic carbocycles. The molecule has 0 unspecified atom stereocenters. The molecule has 3 amide bonds. The van der Waals surface area contributed by atoms with E-state index in [1.807, 2.05) is 6.08 Å². The van der Waals surface area contributed by atoms with Gasteiger partial charge < -0.3 is 24.8 Å². The number of ether oxygens (including phenoxy) is 2. The van der Waals surface area contributed by atoms with Crippen molar-refractivity contribution in [3.63, 3.8) is 0 Å². The normalized spacial score (nSPS) is 30.8. The van der Waals surface area contributed by atoms with Gasteiger partial charge in [0.1, 0.15) is 23.5 Å². The first-order valence-electron chi connectivity index (χ1n) is 12.6. The zero-order chi connectivity index (χ0) is 26.2. The molecular weight excluding hydrogens is 485 g/mol. The lowest BCUT2D eigenvalue weighted by atomic mass is 10.1. The molecule has 0 radical (unpaired) electrons. The van der Waals surface area contributed by atoms with E-state index in [9.17, 15) is 28.7 Å². The molecule has 1 aliphatic carbocycles. The van der Waals surface area contributed by atoms with E-state index in [1.54, 1.807) is 18.2 Å². The molecule has 37 heavy (non-hydrogen) atoms. The summed E-state index contributed by atoms with van der Waals surface area (Å²) in [5, 5.41) is 12.5. The summed E-state index contributed by atoms with van der Waals surface area (Å²) in [5.41, 5.74) is -0.258. The van der Waals surface area contributed by atoms with Crippen LogP contribution in [0.1, 0.15) is 43.2 Å². The summed E-state index contributed by atoms with van der Waals surface area (Å²) in [6.07, 6.45) is 3.77. The van der Waals surface area contributed by atoms with Gasteiger partial charge in [-0.15, -0.1) is 0 Å². The van der Waals surface area contributed by atoms with Crippen molar-refractivity contribution >= 4 is 23.9 Å². The molecule has 3 aliphatic heterocycles. The zero-order valence-electron chi connectivity index (χ0n) is 20.4. The van der Waals surface area contributed by atoms with Gasteiger partial charge in [-0.2, -0.15) is 0 Å². The van der Waals surface area contributed by atoms with Gasteiger partial charge in [0.15, 0.2) is 0 Å². The Balaban J connectivity index is 1.29. The number of carbonyl (C=O) groups excluding carboxylic acids is 3. The Morgan fingerprint density at radius 1 is 1.22 bits per heavy atom. The van der Waals surface area contributed by atoms with Crippen LogP contribution in [-0.2, 0) is 36.9 Å². The first kappa shape index (κ1) is 25.2. The summed E-state index contributed by atoms with van der Waals surface area (Å²) in [6.45, 7) is 1.15. The molecule has 0 spiro atoms. The zero-order valence-corrected chi connectivity index (χ0v) is 20.4. The molecule has 10 nitrogen and oxygen atoms in total. The third-order valence-electron chi connectivity index (χ3n) is 7.56. The highest BCUT2D eigenvalue weighted by atomic mass is 19.1. The number of hydrogen-bond acceptors (Lipinski definition) is 6. The molecule has 4 atom stereocenters. The molecule has 0 aromatic heterocycles. The van der Waals surface area contributed by atoms with Crippen molar-refractivity contribution in [1.29, 1.82) is 0 Å². The molecule has 1 aromatic rings. The molecule has 1 saturated carbocycles. The Morgan fingerprint density at radius 2 is 2.05 bits per heavy atom. The lowest BCUT2D eigenvalue weighted by Gasteiger charge is -2.25. The number of benzene rings is 1. The maximum Gasteiger partial charge on any atom is 0.410 e. The maximum absolute atomic E-state index is 14.1. The number of rotatable bonds is 2. The SMILES string of the molecule is O=C1N[C@]2(C(=O)O)C[C@H]2/C=C\CCOCCCC(=O)N2C[C@H](OC(=O)N3Cc4cccc(F)c4C3)C[C@@H]12. The van der Waals surface area contributed by atoms with Gasteiger partial charge in [-0.05, 0) is 30.9 Å². The van der Waals surface area contributed by atoms with Gasteiger partial charge in [-0.3, -0.25) is 14.5 Å². The van der Waals surface area contributed by atoms with Crippen molar-refractivity contribution in [2.24, 2.45) is 5.92 Å². The van der Waals surface area contributed by atoms with Crippen molar-refractivity contribution in [2.75, 3.05) is 19.8 Å². The van der Waals surface area contributed by atoms with Crippen LogP contribution in [0.25, 0.3) is 0 Å². The van der Waals surface area contributed by atoms with Gasteiger partial charge >= 0.3 is 12.1 Å². The van der Waals surface area contributed by atoms with Crippen LogP contribution in [0.2, 0.25) is 0 Å². The number of hydrogen-bond donors (Lipinski definition) is 2. The molecule has 2 fully saturated rings. The smallest absolute Gasteiger partial charge is 0.410 e. The van der Waals surface area contributed by atoms with E-state index < -0.39 is 35.7 Å². The largest absolute Gasteiger partial charge is 0.479 e. The number of halogens is 1. The Bertz CT molecular complexity index is 1140. The number of fused-ring (bicyclic) bond motifs is 3. The maximum atomic E-state index is 14.1. The summed E-state index contributed by atoms with van der Waals surface area (Å²) in [5.74, 6) is -2.73. The fourth-order valence-corrected chi connectivity index (χ4v) is 5.38. The van der Waals surface area contributed by atoms with E-state index in [1.165, 1.54) is 15.9 Å². The Hall–Kier alpha value is -3.47. The predicted molar refractivity (Wildman–Crippen MR) is 126 cm³/mol. The molecule has 3 heterocycles. The second kappa shape index (κ2) is 10.1. The monoisotopic (exact) mass is 515 g/mol. The van der Waals surface area contributed by atoms with E-state index in [0.29, 0.717) is 37.2 Å². The van der Waals surface area contributed by atoms with Gasteiger partial charge in [-0.25, -0.2) is 14.0 Å². The van der Waals surface area contributed by atoms with Gasteiger partial charge in [0.2, 0.25) is 11.8 Å². The standard InChI is InChI=1S/C26H30FN3O7/c27-20-7-3-5-16-13-29(15-19(16)20)25(35)37-18-11-21-23(32)28-26(24(33)34)12-17(26)6-1-2-9-36-10-4-8-22(31)30(21)14-18/h1,3,5-7,17-18,21H,2,4,8-15H2,(H,28,32)(H,33,34)/b6-1-/t17-,18-,21+,26-/m1/s1. The summed E-state index contributed by atoms with van der Waals surface area (Å²) in [7, 11) is 0. The number of nitrogens with zero attached hydrogens (tertiary/aromatic N) is 2. The van der Waals surface area contributed by atoms with Crippen molar-refractivity contribution in [3.05, 3.63) is 47.3 Å². The first-order chi connectivity index (χ1) is 17.8. The predicted octanol–water partition coefficient (Wildman–Crippen LogP) is 1.96. The Labute approximate surface area is 213 Å². The third kappa shape index (κ3) is 5.04. The molecule has 5 rings (SSSR count). The fourth-order valence-electron chi connectivity index (χ4n) is 5.38. The topological polar surface area (TPSA) is 125 Å². The minimum Gasteiger partial charge on any atom is -0.479 e. The molecule has 1 saturated heterocycles. The average Bonchev–Trinajstić information content (AvgIpc) is 3.18. The van der Waals surface area contributed by atoms with Gasteiger partial charge in [0.05, 0.1) is 19.7 Å². The number of aliphatic carboxylic acids is 1. The molecule has 198 valence electrons. The van der Waals surface area contributed by atoms with Crippen molar-refractivity contribution in [2.45, 2.75) is 62.9 Å². The Kier molecular flexibility index (Phi) is 6.89. The number of carbonyl (C=O) groups is 4. The van der Waals surface area contributed by atoms with E-state index >= 15 is 0 Å². The number of nitrogens with one attached hydrogen (secondary N) is 1.